The second-order valence-electron chi connectivity index (χ2n) is 6.69. The number of hydrogen-bond donors (Lipinski definition) is 1. The number of rotatable bonds is 5. The van der Waals surface area contributed by atoms with Gasteiger partial charge in [0.05, 0.1) is 6.61 Å². The van der Waals surface area contributed by atoms with Gasteiger partial charge in [0.15, 0.2) is 0 Å². The average molecular weight is 316 g/mol. The van der Waals surface area contributed by atoms with Crippen molar-refractivity contribution in [3.8, 4) is 0 Å². The molecule has 3 atom stereocenters. The molecule has 0 bridgehead atoms. The number of aromatic nitrogens is 1. The van der Waals surface area contributed by atoms with E-state index in [0.717, 1.165) is 31.4 Å². The third kappa shape index (κ3) is 3.70. The summed E-state index contributed by atoms with van der Waals surface area (Å²) in [5.74, 6) is 0.875. The Morgan fingerprint density at radius 1 is 1.26 bits per heavy atom. The molecule has 0 amide bonds. The van der Waals surface area contributed by atoms with Crippen molar-refractivity contribution in [2.45, 2.75) is 38.1 Å². The zero-order chi connectivity index (χ0) is 16.2. The Morgan fingerprint density at radius 2 is 2.13 bits per heavy atom. The summed E-state index contributed by atoms with van der Waals surface area (Å²) in [6, 6.07) is 7.90. The molecule has 23 heavy (non-hydrogen) atoms. The fourth-order valence-corrected chi connectivity index (χ4v) is 3.91. The van der Waals surface area contributed by atoms with Crippen LogP contribution in [0.3, 0.4) is 0 Å². The molecule has 0 radical (unpaired) electrons. The molecule has 3 nitrogen and oxygen atoms in total. The first kappa shape index (κ1) is 16.3. The Bertz CT molecular complexity index is 661. The molecule has 1 aliphatic rings. The van der Waals surface area contributed by atoms with Crippen LogP contribution in [-0.4, -0.2) is 31.3 Å². The van der Waals surface area contributed by atoms with Crippen LogP contribution in [0.5, 0.6) is 0 Å². The number of hydrogen-bond acceptors (Lipinski definition) is 3. The van der Waals surface area contributed by atoms with E-state index in [0.29, 0.717) is 23.4 Å². The molecule has 1 aromatic carbocycles. The van der Waals surface area contributed by atoms with Gasteiger partial charge < -0.3 is 10.1 Å². The number of nitrogens with zero attached hydrogens (tertiary/aromatic N) is 1. The first-order valence-electron chi connectivity index (χ1n) is 8.44. The summed E-state index contributed by atoms with van der Waals surface area (Å²) in [5, 5.41) is 4.56. The summed E-state index contributed by atoms with van der Waals surface area (Å²) in [7, 11) is 1.73. The van der Waals surface area contributed by atoms with E-state index in [4.69, 9.17) is 4.74 Å². The molecule has 0 aliphatic heterocycles. The van der Waals surface area contributed by atoms with Crippen molar-refractivity contribution >= 4 is 10.9 Å². The van der Waals surface area contributed by atoms with Gasteiger partial charge in [-0.05, 0) is 48.8 Å². The smallest absolute Gasteiger partial charge is 0.149 e. The number of methoxy groups -OCH3 is 1. The maximum atomic E-state index is 14.0. The minimum absolute atomic E-state index is 0.233. The van der Waals surface area contributed by atoms with Crippen LogP contribution in [0.25, 0.3) is 10.9 Å². The highest BCUT2D eigenvalue weighted by Gasteiger charge is 2.28. The van der Waals surface area contributed by atoms with Crippen molar-refractivity contribution in [1.29, 1.82) is 0 Å². The van der Waals surface area contributed by atoms with Crippen molar-refractivity contribution in [1.82, 2.24) is 10.3 Å². The predicted molar refractivity (Wildman–Crippen MR) is 91.1 cm³/mol. The SMILES string of the molecule is COCCNC1CC(C)CC(c2ccc(F)c3ncccc23)C1. The average Bonchev–Trinajstić information content (AvgIpc) is 2.55. The maximum absolute atomic E-state index is 14.0. The van der Waals surface area contributed by atoms with Crippen LogP contribution >= 0.6 is 0 Å². The third-order valence-corrected chi connectivity index (χ3v) is 4.88. The van der Waals surface area contributed by atoms with Gasteiger partial charge in [0, 0.05) is 31.3 Å². The van der Waals surface area contributed by atoms with E-state index in [9.17, 15) is 4.39 Å². The largest absolute Gasteiger partial charge is 0.383 e. The van der Waals surface area contributed by atoms with Gasteiger partial charge in [0.1, 0.15) is 11.3 Å². The van der Waals surface area contributed by atoms with Crippen LogP contribution < -0.4 is 5.32 Å². The second kappa shape index (κ2) is 7.37. The number of benzene rings is 1. The number of halogens is 1. The lowest BCUT2D eigenvalue weighted by Crippen LogP contribution is -2.38. The zero-order valence-corrected chi connectivity index (χ0v) is 13.9. The van der Waals surface area contributed by atoms with E-state index in [1.165, 1.54) is 12.0 Å². The molecule has 1 aromatic heterocycles. The van der Waals surface area contributed by atoms with Crippen molar-refractivity contribution in [2.24, 2.45) is 5.92 Å². The summed E-state index contributed by atoms with van der Waals surface area (Å²) >= 11 is 0. The molecule has 3 unspecified atom stereocenters. The van der Waals surface area contributed by atoms with Gasteiger partial charge in [0.25, 0.3) is 0 Å². The van der Waals surface area contributed by atoms with Crippen LogP contribution in [0.1, 0.15) is 37.7 Å². The lowest BCUT2D eigenvalue weighted by Gasteiger charge is -2.34. The fraction of sp³-hybridized carbons (Fsp3) is 0.526. The third-order valence-electron chi connectivity index (χ3n) is 4.88. The van der Waals surface area contributed by atoms with Crippen molar-refractivity contribution in [3.63, 3.8) is 0 Å². The Morgan fingerprint density at radius 3 is 2.96 bits per heavy atom. The van der Waals surface area contributed by atoms with Crippen LogP contribution in [0.2, 0.25) is 0 Å². The molecule has 1 fully saturated rings. The molecule has 0 spiro atoms. The minimum Gasteiger partial charge on any atom is -0.383 e. The van der Waals surface area contributed by atoms with E-state index in [2.05, 4.69) is 17.2 Å². The highest BCUT2D eigenvalue weighted by molar-refractivity contribution is 5.83. The molecule has 1 N–H and O–H groups in total. The second-order valence-corrected chi connectivity index (χ2v) is 6.69. The van der Waals surface area contributed by atoms with Gasteiger partial charge >= 0.3 is 0 Å². The number of ether oxygens (including phenoxy) is 1. The Kier molecular flexibility index (Phi) is 5.23. The van der Waals surface area contributed by atoms with Gasteiger partial charge in [-0.2, -0.15) is 0 Å². The Balaban J connectivity index is 1.84. The first-order chi connectivity index (χ1) is 11.2. The number of nitrogens with one attached hydrogen (secondary N) is 1. The monoisotopic (exact) mass is 316 g/mol. The lowest BCUT2D eigenvalue weighted by molar-refractivity contribution is 0.185. The quantitative estimate of drug-likeness (QED) is 0.850. The summed E-state index contributed by atoms with van der Waals surface area (Å²) in [6.07, 6.45) is 5.09. The van der Waals surface area contributed by atoms with Gasteiger partial charge in [-0.3, -0.25) is 4.98 Å². The highest BCUT2D eigenvalue weighted by atomic mass is 19.1. The topological polar surface area (TPSA) is 34.1 Å². The van der Waals surface area contributed by atoms with Crippen molar-refractivity contribution in [3.05, 3.63) is 41.8 Å². The number of pyridine rings is 1. The van der Waals surface area contributed by atoms with Gasteiger partial charge in [-0.25, -0.2) is 4.39 Å². The van der Waals surface area contributed by atoms with E-state index in [1.54, 1.807) is 19.4 Å². The zero-order valence-electron chi connectivity index (χ0n) is 13.9. The molecule has 0 saturated heterocycles. The van der Waals surface area contributed by atoms with Crippen LogP contribution in [0.4, 0.5) is 4.39 Å². The molecule has 2 aromatic rings. The van der Waals surface area contributed by atoms with Gasteiger partial charge in [-0.15, -0.1) is 0 Å². The van der Waals surface area contributed by atoms with Crippen LogP contribution in [0, 0.1) is 11.7 Å². The van der Waals surface area contributed by atoms with Crippen LogP contribution in [-0.2, 0) is 4.74 Å². The molecule has 3 rings (SSSR count). The fourth-order valence-electron chi connectivity index (χ4n) is 3.91. The molecular weight excluding hydrogens is 291 g/mol. The normalized spacial score (nSPS) is 24.9. The summed E-state index contributed by atoms with van der Waals surface area (Å²) in [4.78, 5) is 4.23. The summed E-state index contributed by atoms with van der Waals surface area (Å²) in [5.41, 5.74) is 1.73. The summed E-state index contributed by atoms with van der Waals surface area (Å²) < 4.78 is 19.1. The van der Waals surface area contributed by atoms with Gasteiger partial charge in [-0.1, -0.05) is 19.1 Å². The standard InChI is InChI=1S/C19H25FN2O/c1-13-10-14(12-15(11-13)21-8-9-23-2)16-5-6-18(20)19-17(16)4-3-7-22-19/h3-7,13-15,21H,8-12H2,1-2H3. The maximum Gasteiger partial charge on any atom is 0.149 e. The Hall–Kier alpha value is -1.52. The predicted octanol–water partition coefficient (Wildman–Crippen LogP) is 3.88. The molecule has 4 heteroatoms. The van der Waals surface area contributed by atoms with E-state index >= 15 is 0 Å². The van der Waals surface area contributed by atoms with Crippen molar-refractivity contribution < 1.29 is 9.13 Å². The molecule has 1 aliphatic carbocycles. The highest BCUT2D eigenvalue weighted by Crippen LogP contribution is 2.39. The molecular formula is C19H25FN2O. The van der Waals surface area contributed by atoms with E-state index in [1.807, 2.05) is 18.2 Å². The van der Waals surface area contributed by atoms with E-state index < -0.39 is 0 Å². The minimum atomic E-state index is -0.233. The molecule has 1 saturated carbocycles. The Labute approximate surface area is 137 Å². The number of fused-ring (bicyclic) bond motifs is 1. The lowest BCUT2D eigenvalue weighted by atomic mass is 9.75. The van der Waals surface area contributed by atoms with Crippen LogP contribution in [0.15, 0.2) is 30.5 Å². The van der Waals surface area contributed by atoms with Crippen molar-refractivity contribution in [2.75, 3.05) is 20.3 Å². The molecule has 1 heterocycles. The van der Waals surface area contributed by atoms with Gasteiger partial charge in [0.2, 0.25) is 0 Å². The summed E-state index contributed by atoms with van der Waals surface area (Å²) in [6.45, 7) is 3.92. The molecule has 124 valence electrons. The first-order valence-corrected chi connectivity index (χ1v) is 8.44. The van der Waals surface area contributed by atoms with E-state index in [-0.39, 0.29) is 5.82 Å².